The Labute approximate surface area is 135 Å². The van der Waals surface area contributed by atoms with E-state index in [4.69, 9.17) is 15.7 Å². The van der Waals surface area contributed by atoms with Gasteiger partial charge in [-0.15, -0.1) is 0 Å². The number of nitrogens with zero attached hydrogens (tertiary/aromatic N) is 2. The number of nitriles is 1. The predicted molar refractivity (Wildman–Crippen MR) is 79.4 cm³/mol. The summed E-state index contributed by atoms with van der Waals surface area (Å²) in [7, 11) is 2.41. The normalized spacial score (nSPS) is 10.3. The molecule has 0 amide bonds. The van der Waals surface area contributed by atoms with Crippen molar-refractivity contribution in [2.24, 2.45) is 0 Å². The predicted octanol–water partition coefficient (Wildman–Crippen LogP) is 2.33. The number of para-hydroxylation sites is 1. The van der Waals surface area contributed by atoms with E-state index in [1.165, 1.54) is 31.5 Å². The molecule has 24 heavy (non-hydrogen) atoms. The fourth-order valence-corrected chi connectivity index (χ4v) is 2.17. The van der Waals surface area contributed by atoms with Crippen molar-refractivity contribution in [2.45, 2.75) is 6.61 Å². The maximum Gasteiger partial charge on any atom is 0.387 e. The number of hydrogen-bond donors (Lipinski definition) is 1. The van der Waals surface area contributed by atoms with Gasteiger partial charge < -0.3 is 24.5 Å². The summed E-state index contributed by atoms with van der Waals surface area (Å²) in [5, 5.41) is 9.10. The minimum absolute atomic E-state index is 0.0128. The smallest absolute Gasteiger partial charge is 0.387 e. The quantitative estimate of drug-likeness (QED) is 0.841. The zero-order valence-corrected chi connectivity index (χ0v) is 12.7. The van der Waals surface area contributed by atoms with E-state index >= 15 is 0 Å². The monoisotopic (exact) mass is 337 g/mol. The summed E-state index contributed by atoms with van der Waals surface area (Å²) in [5.41, 5.74) is 5.51. The van der Waals surface area contributed by atoms with Gasteiger partial charge in [0, 0.05) is 6.20 Å². The number of rotatable bonds is 5. The van der Waals surface area contributed by atoms with Crippen molar-refractivity contribution >= 4 is 11.7 Å². The number of carbonyl (C=O) groups is 1. The molecule has 126 valence electrons. The minimum atomic E-state index is -3.12. The first kappa shape index (κ1) is 17.1. The number of aromatic nitrogens is 1. The van der Waals surface area contributed by atoms with Crippen LogP contribution in [0.5, 0.6) is 11.5 Å². The van der Waals surface area contributed by atoms with E-state index in [1.807, 2.05) is 6.07 Å². The summed E-state index contributed by atoms with van der Waals surface area (Å²) < 4.78 is 40.8. The van der Waals surface area contributed by atoms with Crippen LogP contribution in [0, 0.1) is 11.3 Å². The van der Waals surface area contributed by atoms with E-state index in [9.17, 15) is 13.6 Å². The third-order valence-corrected chi connectivity index (χ3v) is 3.19. The van der Waals surface area contributed by atoms with Crippen LogP contribution in [-0.2, 0) is 4.74 Å². The van der Waals surface area contributed by atoms with E-state index in [-0.39, 0.29) is 34.1 Å². The van der Waals surface area contributed by atoms with Gasteiger partial charge >= 0.3 is 12.6 Å². The highest BCUT2D eigenvalue weighted by Gasteiger charge is 2.25. The van der Waals surface area contributed by atoms with Crippen molar-refractivity contribution in [3.05, 3.63) is 35.7 Å². The third kappa shape index (κ3) is 2.94. The topological polar surface area (TPSA) is 99.5 Å². The van der Waals surface area contributed by atoms with Crippen LogP contribution in [0.1, 0.15) is 16.1 Å². The maximum atomic E-state index is 12.8. The van der Waals surface area contributed by atoms with Crippen molar-refractivity contribution in [3.8, 4) is 23.3 Å². The molecule has 2 rings (SSSR count). The zero-order valence-electron chi connectivity index (χ0n) is 12.7. The van der Waals surface area contributed by atoms with Crippen LogP contribution in [0.3, 0.4) is 0 Å². The van der Waals surface area contributed by atoms with Gasteiger partial charge in [-0.1, -0.05) is 6.07 Å². The Morgan fingerprint density at radius 1 is 1.38 bits per heavy atom. The summed E-state index contributed by atoms with van der Waals surface area (Å²) in [6.07, 6.45) is 1.23. The van der Waals surface area contributed by atoms with Gasteiger partial charge in [-0.3, -0.25) is 0 Å². The van der Waals surface area contributed by atoms with Crippen LogP contribution in [0.4, 0.5) is 14.5 Å². The molecule has 9 heteroatoms. The highest BCUT2D eigenvalue weighted by atomic mass is 19.3. The highest BCUT2D eigenvalue weighted by Crippen LogP contribution is 2.37. The summed E-state index contributed by atoms with van der Waals surface area (Å²) >= 11 is 0. The highest BCUT2D eigenvalue weighted by molar-refractivity contribution is 5.96. The molecular weight excluding hydrogens is 324 g/mol. The van der Waals surface area contributed by atoms with Crippen molar-refractivity contribution in [1.82, 2.24) is 4.57 Å². The zero-order chi connectivity index (χ0) is 17.9. The molecule has 1 heterocycles. The molecule has 1 aromatic carbocycles. The lowest BCUT2D eigenvalue weighted by atomic mass is 10.2. The van der Waals surface area contributed by atoms with Gasteiger partial charge in [-0.25, -0.2) is 4.79 Å². The van der Waals surface area contributed by atoms with Gasteiger partial charge in [-0.2, -0.15) is 14.0 Å². The average Bonchev–Trinajstić information content (AvgIpc) is 2.90. The minimum Gasteiger partial charge on any atom is -0.493 e. The molecule has 1 aromatic heterocycles. The second-order valence-electron chi connectivity index (χ2n) is 4.47. The molecule has 0 aliphatic rings. The van der Waals surface area contributed by atoms with Crippen LogP contribution in [-0.4, -0.2) is 31.4 Å². The van der Waals surface area contributed by atoms with Crippen LogP contribution in [0.25, 0.3) is 5.69 Å². The number of benzene rings is 1. The van der Waals surface area contributed by atoms with E-state index < -0.39 is 12.6 Å². The third-order valence-electron chi connectivity index (χ3n) is 3.19. The van der Waals surface area contributed by atoms with Crippen molar-refractivity contribution in [2.75, 3.05) is 20.0 Å². The van der Waals surface area contributed by atoms with E-state index in [2.05, 4.69) is 9.47 Å². The summed E-state index contributed by atoms with van der Waals surface area (Å²) in [6.45, 7) is -3.12. The molecule has 7 nitrogen and oxygen atoms in total. The number of methoxy groups -OCH3 is 2. The fraction of sp³-hybridized carbons (Fsp3) is 0.200. The van der Waals surface area contributed by atoms with Gasteiger partial charge in [0.05, 0.1) is 31.2 Å². The lowest BCUT2D eigenvalue weighted by Crippen LogP contribution is -2.13. The fourth-order valence-electron chi connectivity index (χ4n) is 2.17. The molecule has 2 N–H and O–H groups in total. The maximum absolute atomic E-state index is 12.8. The number of nitrogen functional groups attached to an aromatic ring is 1. The summed E-state index contributed by atoms with van der Waals surface area (Å²) in [6, 6.07) is 6.15. The first-order valence-electron chi connectivity index (χ1n) is 6.56. The lowest BCUT2D eigenvalue weighted by Gasteiger charge is -2.16. The number of hydrogen-bond acceptors (Lipinski definition) is 6. The molecule has 0 fully saturated rings. The van der Waals surface area contributed by atoms with Crippen molar-refractivity contribution in [1.29, 1.82) is 5.26 Å². The Kier molecular flexibility index (Phi) is 4.89. The van der Waals surface area contributed by atoms with Gasteiger partial charge in [0.25, 0.3) is 0 Å². The second kappa shape index (κ2) is 6.87. The molecule has 0 aliphatic heterocycles. The first-order chi connectivity index (χ1) is 11.4. The van der Waals surface area contributed by atoms with Crippen LogP contribution in [0.15, 0.2) is 24.4 Å². The molecule has 0 aliphatic carbocycles. The van der Waals surface area contributed by atoms with E-state index in [0.29, 0.717) is 0 Å². The number of halogens is 2. The number of carbonyl (C=O) groups excluding carboxylic acids is 1. The molecule has 2 aromatic rings. The second-order valence-corrected chi connectivity index (χ2v) is 4.47. The molecule has 0 bridgehead atoms. The first-order valence-corrected chi connectivity index (χ1v) is 6.56. The number of esters is 1. The summed E-state index contributed by atoms with van der Waals surface area (Å²) in [5.74, 6) is -1.12. The number of ether oxygens (including phenoxy) is 3. The molecular formula is C15H13F2N3O4. The van der Waals surface area contributed by atoms with Crippen LogP contribution >= 0.6 is 0 Å². The standard InChI is InChI=1S/C15H13F2N3O4/c1-22-10-5-3-4-9(13(10)24-15(16)17)20-7-8(6-18)11(19)12(20)14(21)23-2/h3-5,7,15H,19H2,1-2H3. The molecule has 0 saturated heterocycles. The van der Waals surface area contributed by atoms with Crippen molar-refractivity contribution < 1.29 is 27.8 Å². The van der Waals surface area contributed by atoms with Gasteiger partial charge in [0.2, 0.25) is 0 Å². The lowest BCUT2D eigenvalue weighted by molar-refractivity contribution is -0.0512. The molecule has 0 atom stereocenters. The number of anilines is 1. The Morgan fingerprint density at radius 2 is 2.08 bits per heavy atom. The average molecular weight is 337 g/mol. The van der Waals surface area contributed by atoms with Gasteiger partial charge in [0.15, 0.2) is 17.2 Å². The number of alkyl halides is 2. The van der Waals surface area contributed by atoms with Gasteiger partial charge in [-0.05, 0) is 12.1 Å². The Balaban J connectivity index is 2.77. The molecule has 0 radical (unpaired) electrons. The molecule has 0 spiro atoms. The van der Waals surface area contributed by atoms with Crippen LogP contribution in [0.2, 0.25) is 0 Å². The van der Waals surface area contributed by atoms with Crippen LogP contribution < -0.4 is 15.2 Å². The number of nitrogens with two attached hydrogens (primary N) is 1. The Bertz CT molecular complexity index is 812. The Morgan fingerprint density at radius 3 is 2.62 bits per heavy atom. The molecule has 0 saturated carbocycles. The van der Waals surface area contributed by atoms with Crippen molar-refractivity contribution in [3.63, 3.8) is 0 Å². The molecule has 0 unspecified atom stereocenters. The SMILES string of the molecule is COC(=O)c1c(N)c(C#N)cn1-c1cccc(OC)c1OC(F)F. The van der Waals surface area contributed by atoms with Gasteiger partial charge in [0.1, 0.15) is 6.07 Å². The van der Waals surface area contributed by atoms with E-state index in [1.54, 1.807) is 0 Å². The van der Waals surface area contributed by atoms with E-state index in [0.717, 1.165) is 11.7 Å². The largest absolute Gasteiger partial charge is 0.493 e. The summed E-state index contributed by atoms with van der Waals surface area (Å²) in [4.78, 5) is 12.0. The Hall–Kier alpha value is -3.28.